The van der Waals surface area contributed by atoms with Crippen LogP contribution in [-0.2, 0) is 9.47 Å². The van der Waals surface area contributed by atoms with Crippen LogP contribution in [0.4, 0.5) is 11.9 Å². The monoisotopic (exact) mass is 283 g/mol. The lowest BCUT2D eigenvalue weighted by molar-refractivity contribution is 0.121. The Morgan fingerprint density at radius 1 is 0.737 bits per heavy atom. The third kappa shape index (κ3) is 3.07. The van der Waals surface area contributed by atoms with Crippen LogP contribution >= 0.6 is 12.6 Å². The van der Waals surface area contributed by atoms with E-state index in [0.29, 0.717) is 43.5 Å². The van der Waals surface area contributed by atoms with Gasteiger partial charge < -0.3 is 19.3 Å². The first-order valence-corrected chi connectivity index (χ1v) is 6.88. The fraction of sp³-hybridized carbons (Fsp3) is 0.727. The van der Waals surface area contributed by atoms with Gasteiger partial charge in [0, 0.05) is 26.2 Å². The van der Waals surface area contributed by atoms with Gasteiger partial charge >= 0.3 is 0 Å². The Kier molecular flexibility index (Phi) is 4.00. The van der Waals surface area contributed by atoms with Crippen LogP contribution in [0.25, 0.3) is 0 Å². The third-order valence-electron chi connectivity index (χ3n) is 3.19. The van der Waals surface area contributed by atoms with Crippen molar-refractivity contribution in [2.24, 2.45) is 0 Å². The number of rotatable bonds is 2. The molecule has 3 heterocycles. The van der Waals surface area contributed by atoms with Crippen molar-refractivity contribution < 1.29 is 9.47 Å². The molecule has 7 nitrogen and oxygen atoms in total. The lowest BCUT2D eigenvalue weighted by atomic mass is 10.4. The first-order valence-electron chi connectivity index (χ1n) is 6.43. The summed E-state index contributed by atoms with van der Waals surface area (Å²) in [6, 6.07) is 0. The van der Waals surface area contributed by atoms with Crippen molar-refractivity contribution in [2.75, 3.05) is 62.4 Å². The van der Waals surface area contributed by atoms with Crippen LogP contribution in [-0.4, -0.2) is 67.6 Å². The van der Waals surface area contributed by atoms with E-state index in [2.05, 4.69) is 37.4 Å². The minimum Gasteiger partial charge on any atom is -0.378 e. The Labute approximate surface area is 117 Å². The predicted molar refractivity (Wildman–Crippen MR) is 73.1 cm³/mol. The molecule has 0 radical (unpaired) electrons. The quantitative estimate of drug-likeness (QED) is 0.756. The van der Waals surface area contributed by atoms with E-state index in [4.69, 9.17) is 9.47 Å². The minimum absolute atomic E-state index is 0.456. The average molecular weight is 283 g/mol. The van der Waals surface area contributed by atoms with E-state index in [1.807, 2.05) is 0 Å². The molecule has 1 aromatic heterocycles. The smallest absolute Gasteiger partial charge is 0.231 e. The van der Waals surface area contributed by atoms with Gasteiger partial charge in [-0.05, 0) is 0 Å². The normalized spacial score (nSPS) is 20.7. The summed E-state index contributed by atoms with van der Waals surface area (Å²) in [6.07, 6.45) is 0. The maximum atomic E-state index is 5.34. The molecule has 8 heteroatoms. The van der Waals surface area contributed by atoms with Gasteiger partial charge in [0.2, 0.25) is 11.9 Å². The number of morpholine rings is 2. The minimum atomic E-state index is 0.456. The maximum Gasteiger partial charge on any atom is 0.231 e. The van der Waals surface area contributed by atoms with Gasteiger partial charge in [-0.15, -0.1) is 12.6 Å². The lowest BCUT2D eigenvalue weighted by Crippen LogP contribution is -2.40. The molecular formula is C11H17N5O2S. The molecule has 2 saturated heterocycles. The Hall–Kier alpha value is -1.12. The summed E-state index contributed by atoms with van der Waals surface area (Å²) in [4.78, 5) is 17.4. The highest BCUT2D eigenvalue weighted by atomic mass is 32.1. The van der Waals surface area contributed by atoms with Gasteiger partial charge in [-0.3, -0.25) is 0 Å². The standard InChI is InChI=1S/C11H17N5O2S/c19-11-13-9(15-1-5-17-6-2-15)12-10(14-11)16-3-7-18-8-4-16/h1-8H2,(H,12,13,14,19). The molecule has 3 rings (SSSR count). The molecule has 0 N–H and O–H groups in total. The summed E-state index contributed by atoms with van der Waals surface area (Å²) < 4.78 is 10.7. The molecule has 0 aromatic carbocycles. The van der Waals surface area contributed by atoms with Gasteiger partial charge in [0.1, 0.15) is 0 Å². The number of thiol groups is 1. The number of ether oxygens (including phenoxy) is 2. The Morgan fingerprint density at radius 2 is 1.16 bits per heavy atom. The first kappa shape index (κ1) is 12.9. The molecule has 2 aliphatic heterocycles. The van der Waals surface area contributed by atoms with E-state index in [-0.39, 0.29) is 0 Å². The van der Waals surface area contributed by atoms with Crippen molar-refractivity contribution in [3.63, 3.8) is 0 Å². The molecule has 19 heavy (non-hydrogen) atoms. The number of hydrogen-bond donors (Lipinski definition) is 1. The molecule has 0 aliphatic carbocycles. The molecule has 0 saturated carbocycles. The van der Waals surface area contributed by atoms with Gasteiger partial charge in [-0.25, -0.2) is 0 Å². The average Bonchev–Trinajstić information content (AvgIpc) is 2.48. The lowest BCUT2D eigenvalue weighted by Gasteiger charge is -2.29. The van der Waals surface area contributed by atoms with E-state index >= 15 is 0 Å². The zero-order valence-electron chi connectivity index (χ0n) is 10.7. The molecule has 0 unspecified atom stereocenters. The topological polar surface area (TPSA) is 63.6 Å². The largest absolute Gasteiger partial charge is 0.378 e. The van der Waals surface area contributed by atoms with Crippen LogP contribution in [0.2, 0.25) is 0 Å². The summed E-state index contributed by atoms with van der Waals surface area (Å²) in [7, 11) is 0. The zero-order chi connectivity index (χ0) is 13.1. The highest BCUT2D eigenvalue weighted by Crippen LogP contribution is 2.17. The molecule has 104 valence electrons. The summed E-state index contributed by atoms with van der Waals surface area (Å²) in [5.74, 6) is 1.37. The van der Waals surface area contributed by atoms with Gasteiger partial charge in [0.25, 0.3) is 0 Å². The molecule has 2 fully saturated rings. The van der Waals surface area contributed by atoms with Crippen molar-refractivity contribution in [1.29, 1.82) is 0 Å². The van der Waals surface area contributed by atoms with Crippen molar-refractivity contribution in [3.8, 4) is 0 Å². The second-order valence-corrected chi connectivity index (χ2v) is 4.83. The Morgan fingerprint density at radius 3 is 1.58 bits per heavy atom. The number of aromatic nitrogens is 3. The molecule has 0 amide bonds. The summed E-state index contributed by atoms with van der Waals surface area (Å²) >= 11 is 4.28. The molecular weight excluding hydrogens is 266 g/mol. The first-order chi connectivity index (χ1) is 9.33. The highest BCUT2D eigenvalue weighted by Gasteiger charge is 2.19. The molecule has 2 aliphatic rings. The van der Waals surface area contributed by atoms with Crippen LogP contribution in [0.3, 0.4) is 0 Å². The number of nitrogens with zero attached hydrogens (tertiary/aromatic N) is 5. The van der Waals surface area contributed by atoms with Gasteiger partial charge in [0.15, 0.2) is 5.16 Å². The van der Waals surface area contributed by atoms with Crippen molar-refractivity contribution in [1.82, 2.24) is 15.0 Å². The fourth-order valence-corrected chi connectivity index (χ4v) is 2.33. The molecule has 0 spiro atoms. The van der Waals surface area contributed by atoms with E-state index in [0.717, 1.165) is 26.2 Å². The van der Waals surface area contributed by atoms with Crippen molar-refractivity contribution in [3.05, 3.63) is 0 Å². The van der Waals surface area contributed by atoms with Crippen LogP contribution in [0, 0.1) is 0 Å². The zero-order valence-corrected chi connectivity index (χ0v) is 11.6. The van der Waals surface area contributed by atoms with E-state index in [1.165, 1.54) is 0 Å². The SMILES string of the molecule is Sc1nc(N2CCOCC2)nc(N2CCOCC2)n1. The van der Waals surface area contributed by atoms with Gasteiger partial charge in [-0.2, -0.15) is 15.0 Å². The van der Waals surface area contributed by atoms with Gasteiger partial charge in [-0.1, -0.05) is 0 Å². The van der Waals surface area contributed by atoms with E-state index in [1.54, 1.807) is 0 Å². The third-order valence-corrected chi connectivity index (χ3v) is 3.39. The number of hydrogen-bond acceptors (Lipinski definition) is 8. The second-order valence-electron chi connectivity index (χ2n) is 4.43. The van der Waals surface area contributed by atoms with Crippen molar-refractivity contribution >= 4 is 24.5 Å². The van der Waals surface area contributed by atoms with Crippen LogP contribution in [0.15, 0.2) is 5.16 Å². The fourth-order valence-electron chi connectivity index (χ4n) is 2.15. The molecule has 1 aromatic rings. The second kappa shape index (κ2) is 5.89. The van der Waals surface area contributed by atoms with Crippen LogP contribution in [0.1, 0.15) is 0 Å². The van der Waals surface area contributed by atoms with Gasteiger partial charge in [0.05, 0.1) is 26.4 Å². The highest BCUT2D eigenvalue weighted by molar-refractivity contribution is 7.80. The van der Waals surface area contributed by atoms with E-state index < -0.39 is 0 Å². The summed E-state index contributed by atoms with van der Waals surface area (Å²) in [6.45, 7) is 6.06. The van der Waals surface area contributed by atoms with Crippen LogP contribution in [0.5, 0.6) is 0 Å². The predicted octanol–water partition coefficient (Wildman–Crippen LogP) is -0.166. The Balaban J connectivity index is 1.82. The summed E-state index contributed by atoms with van der Waals surface area (Å²) in [5, 5.41) is 0.456. The maximum absolute atomic E-state index is 5.34. The van der Waals surface area contributed by atoms with E-state index in [9.17, 15) is 0 Å². The number of anilines is 2. The van der Waals surface area contributed by atoms with Crippen molar-refractivity contribution in [2.45, 2.75) is 5.16 Å². The molecule has 0 bridgehead atoms. The summed E-state index contributed by atoms with van der Waals surface area (Å²) in [5.41, 5.74) is 0. The molecule has 0 atom stereocenters. The Bertz CT molecular complexity index is 399. The van der Waals surface area contributed by atoms with Crippen LogP contribution < -0.4 is 9.80 Å².